The molecule has 1 heterocycles. The average molecular weight is 334 g/mol. The van der Waals surface area contributed by atoms with E-state index in [1.807, 2.05) is 6.92 Å². The summed E-state index contributed by atoms with van der Waals surface area (Å²) in [5.74, 6) is -0.257. The predicted octanol–water partition coefficient (Wildman–Crippen LogP) is 2.62. The highest BCUT2D eigenvalue weighted by Crippen LogP contribution is 2.28. The first-order chi connectivity index (χ1) is 9.58. The van der Waals surface area contributed by atoms with Crippen LogP contribution in [0.1, 0.15) is 21.5 Å². The molecule has 6 heteroatoms. The Morgan fingerprint density at radius 2 is 2.10 bits per heavy atom. The van der Waals surface area contributed by atoms with Gasteiger partial charge in [-0.3, -0.25) is 9.78 Å². The normalized spacial score (nSPS) is 10.7. The van der Waals surface area contributed by atoms with Crippen molar-refractivity contribution in [2.45, 2.75) is 6.92 Å². The van der Waals surface area contributed by atoms with Gasteiger partial charge in [-0.2, -0.15) is 5.10 Å². The van der Waals surface area contributed by atoms with E-state index in [1.54, 1.807) is 24.3 Å². The summed E-state index contributed by atoms with van der Waals surface area (Å²) in [4.78, 5) is 15.6. The van der Waals surface area contributed by atoms with Crippen LogP contribution in [-0.2, 0) is 0 Å². The first-order valence-corrected chi connectivity index (χ1v) is 6.60. The number of carbonyl (C=O) groups excluding carboxylic acids is 1. The van der Waals surface area contributed by atoms with Crippen LogP contribution < -0.4 is 5.43 Å². The molecule has 0 saturated carbocycles. The fourth-order valence-corrected chi connectivity index (χ4v) is 2.18. The number of hydrogen-bond donors (Lipinski definition) is 2. The Morgan fingerprint density at radius 1 is 1.40 bits per heavy atom. The number of aromatic nitrogens is 1. The summed E-state index contributed by atoms with van der Waals surface area (Å²) >= 11 is 3.25. The van der Waals surface area contributed by atoms with E-state index in [1.165, 1.54) is 18.6 Å². The molecule has 0 fully saturated rings. The van der Waals surface area contributed by atoms with Crippen LogP contribution in [-0.4, -0.2) is 22.2 Å². The number of nitrogens with one attached hydrogen (secondary N) is 1. The molecular formula is C14H12BrN3O2. The quantitative estimate of drug-likeness (QED) is 0.669. The van der Waals surface area contributed by atoms with E-state index in [0.29, 0.717) is 15.6 Å². The largest absolute Gasteiger partial charge is 0.506 e. The van der Waals surface area contributed by atoms with Gasteiger partial charge in [0.25, 0.3) is 5.91 Å². The van der Waals surface area contributed by atoms with Crippen molar-refractivity contribution in [2.24, 2.45) is 5.10 Å². The van der Waals surface area contributed by atoms with Gasteiger partial charge in [0.2, 0.25) is 0 Å². The van der Waals surface area contributed by atoms with E-state index < -0.39 is 0 Å². The molecule has 0 aliphatic heterocycles. The first-order valence-electron chi connectivity index (χ1n) is 5.80. The summed E-state index contributed by atoms with van der Waals surface area (Å²) in [5.41, 5.74) is 4.34. The minimum Gasteiger partial charge on any atom is -0.506 e. The third-order valence-electron chi connectivity index (χ3n) is 2.55. The van der Waals surface area contributed by atoms with Crippen molar-refractivity contribution < 1.29 is 9.90 Å². The Balaban J connectivity index is 2.10. The Bertz CT molecular complexity index is 657. The number of hydrazone groups is 1. The first kappa shape index (κ1) is 14.2. The lowest BCUT2D eigenvalue weighted by Gasteiger charge is -2.03. The summed E-state index contributed by atoms with van der Waals surface area (Å²) in [7, 11) is 0. The molecule has 0 aliphatic rings. The molecule has 1 aromatic carbocycles. The molecule has 0 radical (unpaired) electrons. The molecule has 0 spiro atoms. The number of amides is 1. The monoisotopic (exact) mass is 333 g/mol. The lowest BCUT2D eigenvalue weighted by Crippen LogP contribution is -2.17. The SMILES string of the molecule is Cc1cc(Br)c(O)c(C=NNC(=O)c2ccncc2)c1. The van der Waals surface area contributed by atoms with Gasteiger partial charge in [0, 0.05) is 23.5 Å². The van der Waals surface area contributed by atoms with E-state index in [9.17, 15) is 9.90 Å². The Labute approximate surface area is 124 Å². The molecule has 1 amide bonds. The van der Waals surface area contributed by atoms with Crippen molar-refractivity contribution in [3.8, 4) is 5.75 Å². The topological polar surface area (TPSA) is 74.6 Å². The molecule has 0 atom stereocenters. The minimum atomic E-state index is -0.338. The number of pyridine rings is 1. The van der Waals surface area contributed by atoms with Crippen molar-refractivity contribution >= 4 is 28.1 Å². The van der Waals surface area contributed by atoms with E-state index in [4.69, 9.17) is 0 Å². The third kappa shape index (κ3) is 3.42. The lowest BCUT2D eigenvalue weighted by molar-refractivity contribution is 0.0955. The zero-order chi connectivity index (χ0) is 14.5. The van der Waals surface area contributed by atoms with Gasteiger partial charge >= 0.3 is 0 Å². The summed E-state index contributed by atoms with van der Waals surface area (Å²) in [6.45, 7) is 1.90. The van der Waals surface area contributed by atoms with Crippen LogP contribution in [0.25, 0.3) is 0 Å². The smallest absolute Gasteiger partial charge is 0.271 e. The summed E-state index contributed by atoms with van der Waals surface area (Å²) < 4.78 is 0.583. The molecule has 5 nitrogen and oxygen atoms in total. The van der Waals surface area contributed by atoms with Gasteiger partial charge in [-0.1, -0.05) is 0 Å². The average Bonchev–Trinajstić information content (AvgIpc) is 2.44. The van der Waals surface area contributed by atoms with E-state index >= 15 is 0 Å². The molecule has 0 bridgehead atoms. The molecule has 0 aliphatic carbocycles. The number of rotatable bonds is 3. The van der Waals surface area contributed by atoms with Crippen molar-refractivity contribution in [1.29, 1.82) is 0 Å². The summed E-state index contributed by atoms with van der Waals surface area (Å²) in [6.07, 6.45) is 4.45. The van der Waals surface area contributed by atoms with E-state index in [2.05, 4.69) is 31.4 Å². The molecule has 0 unspecified atom stereocenters. The highest BCUT2D eigenvalue weighted by atomic mass is 79.9. The number of nitrogens with zero attached hydrogens (tertiary/aromatic N) is 2. The molecule has 2 rings (SSSR count). The Hall–Kier alpha value is -2.21. The van der Waals surface area contributed by atoms with Crippen LogP contribution in [0.5, 0.6) is 5.75 Å². The maximum absolute atomic E-state index is 11.7. The molecule has 2 N–H and O–H groups in total. The predicted molar refractivity (Wildman–Crippen MR) is 79.8 cm³/mol. The number of aromatic hydroxyl groups is 1. The molecule has 1 aromatic heterocycles. The van der Waals surface area contributed by atoms with Crippen LogP contribution in [0.3, 0.4) is 0 Å². The number of halogens is 1. The van der Waals surface area contributed by atoms with Crippen LogP contribution in [0, 0.1) is 6.92 Å². The fourth-order valence-electron chi connectivity index (χ4n) is 1.59. The van der Waals surface area contributed by atoms with Crippen molar-refractivity contribution in [2.75, 3.05) is 0 Å². The second kappa shape index (κ2) is 6.29. The van der Waals surface area contributed by atoms with Gasteiger partial charge in [-0.05, 0) is 52.7 Å². The van der Waals surface area contributed by atoms with E-state index in [0.717, 1.165) is 5.56 Å². The molecule has 2 aromatic rings. The van der Waals surface area contributed by atoms with Crippen molar-refractivity contribution in [1.82, 2.24) is 10.4 Å². The van der Waals surface area contributed by atoms with Crippen molar-refractivity contribution in [3.05, 3.63) is 57.8 Å². The van der Waals surface area contributed by atoms with Crippen LogP contribution in [0.2, 0.25) is 0 Å². The van der Waals surface area contributed by atoms with Crippen LogP contribution in [0.4, 0.5) is 0 Å². The zero-order valence-corrected chi connectivity index (χ0v) is 12.3. The second-order valence-electron chi connectivity index (χ2n) is 4.12. The summed E-state index contributed by atoms with van der Waals surface area (Å²) in [5, 5.41) is 13.7. The third-order valence-corrected chi connectivity index (χ3v) is 3.15. The van der Waals surface area contributed by atoms with Gasteiger partial charge in [0.05, 0.1) is 10.7 Å². The minimum absolute atomic E-state index is 0.0810. The fraction of sp³-hybridized carbons (Fsp3) is 0.0714. The number of aryl methyl sites for hydroxylation is 1. The molecule has 0 saturated heterocycles. The maximum Gasteiger partial charge on any atom is 0.271 e. The maximum atomic E-state index is 11.7. The molecular weight excluding hydrogens is 322 g/mol. The van der Waals surface area contributed by atoms with Gasteiger partial charge in [-0.25, -0.2) is 5.43 Å². The molecule has 20 heavy (non-hydrogen) atoms. The highest BCUT2D eigenvalue weighted by molar-refractivity contribution is 9.10. The highest BCUT2D eigenvalue weighted by Gasteiger charge is 2.05. The van der Waals surface area contributed by atoms with Gasteiger partial charge in [0.15, 0.2) is 0 Å². The number of hydrogen-bond acceptors (Lipinski definition) is 4. The van der Waals surface area contributed by atoms with Crippen LogP contribution in [0.15, 0.2) is 46.2 Å². The Morgan fingerprint density at radius 3 is 2.80 bits per heavy atom. The number of carbonyl (C=O) groups is 1. The second-order valence-corrected chi connectivity index (χ2v) is 4.97. The number of phenols is 1. The Kier molecular flexibility index (Phi) is 4.47. The van der Waals surface area contributed by atoms with E-state index in [-0.39, 0.29) is 11.7 Å². The van der Waals surface area contributed by atoms with Crippen molar-refractivity contribution in [3.63, 3.8) is 0 Å². The summed E-state index contributed by atoms with van der Waals surface area (Å²) in [6, 6.07) is 6.74. The van der Waals surface area contributed by atoms with Crippen LogP contribution >= 0.6 is 15.9 Å². The standard InChI is InChI=1S/C14H12BrN3O2/c1-9-6-11(13(19)12(15)7-9)8-17-18-14(20)10-2-4-16-5-3-10/h2-8,19H,1H3,(H,18,20). The van der Waals surface area contributed by atoms with Gasteiger partial charge < -0.3 is 5.11 Å². The molecule has 102 valence electrons. The lowest BCUT2D eigenvalue weighted by atomic mass is 10.1. The zero-order valence-electron chi connectivity index (χ0n) is 10.7. The number of benzene rings is 1. The van der Waals surface area contributed by atoms with Gasteiger partial charge in [0.1, 0.15) is 5.75 Å². The number of phenolic OH excluding ortho intramolecular Hbond substituents is 1. The van der Waals surface area contributed by atoms with Gasteiger partial charge in [-0.15, -0.1) is 0 Å².